The van der Waals surface area contributed by atoms with Gasteiger partial charge in [-0.3, -0.25) is 14.5 Å². The predicted octanol–water partition coefficient (Wildman–Crippen LogP) is 3.08. The second-order valence-corrected chi connectivity index (χ2v) is 14.9. The van der Waals surface area contributed by atoms with Crippen LogP contribution in [0.25, 0.3) is 10.4 Å². The van der Waals surface area contributed by atoms with Crippen LogP contribution in [-0.2, 0) is 28.5 Å². The normalized spacial score (nSPS) is 20.3. The molecule has 0 saturated carbocycles. The average Bonchev–Trinajstić information content (AvgIpc) is 3.67. The third-order valence-electron chi connectivity index (χ3n) is 9.10. The molecule has 1 aromatic heterocycles. The molecule has 4 rings (SSSR count). The van der Waals surface area contributed by atoms with Gasteiger partial charge in [-0.25, -0.2) is 4.98 Å². The third-order valence-corrected chi connectivity index (χ3v) is 10.1. The SMILES string of the molecule is Cc1ncsc1-c1ccc([C@H](C)NC(=O)[C@@H]2C[C@@H](O)CN2C[C@@H](NC(=O)COCCOCCOCCOC2CCNCC2)C(C)(C)C)cc1. The molecule has 13 heteroatoms. The van der Waals surface area contributed by atoms with Crippen molar-refractivity contribution < 1.29 is 33.6 Å². The smallest absolute Gasteiger partial charge is 0.246 e. The lowest BCUT2D eigenvalue weighted by Crippen LogP contribution is -2.54. The summed E-state index contributed by atoms with van der Waals surface area (Å²) in [4.78, 5) is 33.8. The minimum atomic E-state index is -0.620. The number of aliphatic hydroxyl groups excluding tert-OH is 1. The minimum Gasteiger partial charge on any atom is -0.392 e. The number of ether oxygens (including phenoxy) is 4. The Morgan fingerprint density at radius 1 is 1.02 bits per heavy atom. The number of aromatic nitrogens is 1. The van der Waals surface area contributed by atoms with Crippen molar-refractivity contribution in [2.45, 2.75) is 84.2 Å². The maximum Gasteiger partial charge on any atom is 0.246 e. The molecule has 0 unspecified atom stereocenters. The van der Waals surface area contributed by atoms with E-state index in [0.717, 1.165) is 47.6 Å². The standard InChI is InChI=1S/C36H57N5O7S/c1-25(27-6-8-28(9-7-27)34-26(2)38-24-49-34)39-35(44)31-20-29(42)21-41(31)22-32(36(3,4)5)40-33(43)23-47-17-16-45-14-15-46-18-19-48-30-10-12-37-13-11-30/h6-9,24-25,29-32,37,42H,10-23H2,1-5H3,(H,39,44)(H,40,43)/t25-,29+,31-,32+/m0/s1. The van der Waals surface area contributed by atoms with Crippen molar-refractivity contribution in [2.75, 3.05) is 72.4 Å². The van der Waals surface area contributed by atoms with E-state index in [2.05, 4.69) is 53.8 Å². The topological polar surface area (TPSA) is 144 Å². The number of β-amino-alcohol motifs (C(OH)–C–C–N with tert-alkyl or cyclic N) is 1. The number of rotatable bonds is 19. The van der Waals surface area contributed by atoms with Gasteiger partial charge in [-0.2, -0.15) is 0 Å². The van der Waals surface area contributed by atoms with Crippen molar-refractivity contribution in [3.05, 3.63) is 41.0 Å². The van der Waals surface area contributed by atoms with Gasteiger partial charge in [0, 0.05) is 19.1 Å². The molecule has 2 aliphatic heterocycles. The molecule has 4 N–H and O–H groups in total. The van der Waals surface area contributed by atoms with Crippen molar-refractivity contribution in [2.24, 2.45) is 5.41 Å². The number of benzene rings is 1. The van der Waals surface area contributed by atoms with Crippen molar-refractivity contribution in [3.8, 4) is 10.4 Å². The number of nitrogens with zero attached hydrogens (tertiary/aromatic N) is 2. The third kappa shape index (κ3) is 13.0. The number of likely N-dealkylation sites (tertiary alicyclic amines) is 1. The molecule has 0 aliphatic carbocycles. The summed E-state index contributed by atoms with van der Waals surface area (Å²) in [5.74, 6) is -0.368. The molecule has 2 fully saturated rings. The van der Waals surface area contributed by atoms with E-state index >= 15 is 0 Å². The van der Waals surface area contributed by atoms with Crippen molar-refractivity contribution >= 4 is 23.2 Å². The van der Waals surface area contributed by atoms with Crippen LogP contribution in [0, 0.1) is 12.3 Å². The van der Waals surface area contributed by atoms with Crippen LogP contribution in [0.1, 0.15) is 64.3 Å². The molecule has 2 saturated heterocycles. The van der Waals surface area contributed by atoms with Gasteiger partial charge in [0.25, 0.3) is 0 Å². The van der Waals surface area contributed by atoms with Gasteiger partial charge in [0.05, 0.1) is 80.0 Å². The monoisotopic (exact) mass is 703 g/mol. The lowest BCUT2D eigenvalue weighted by atomic mass is 9.86. The van der Waals surface area contributed by atoms with Gasteiger partial charge in [-0.15, -0.1) is 11.3 Å². The molecule has 3 heterocycles. The van der Waals surface area contributed by atoms with Crippen LogP contribution in [0.3, 0.4) is 0 Å². The van der Waals surface area contributed by atoms with Gasteiger partial charge in [0.2, 0.25) is 11.8 Å². The first-order chi connectivity index (χ1) is 23.5. The fourth-order valence-corrected chi connectivity index (χ4v) is 6.91. The van der Waals surface area contributed by atoms with Gasteiger partial charge in [-0.1, -0.05) is 45.0 Å². The number of nitrogens with one attached hydrogen (secondary N) is 3. The summed E-state index contributed by atoms with van der Waals surface area (Å²) in [5.41, 5.74) is 4.65. The molecule has 49 heavy (non-hydrogen) atoms. The molecule has 12 nitrogen and oxygen atoms in total. The highest BCUT2D eigenvalue weighted by Gasteiger charge is 2.39. The van der Waals surface area contributed by atoms with Crippen LogP contribution in [0.2, 0.25) is 0 Å². The van der Waals surface area contributed by atoms with Crippen molar-refractivity contribution in [3.63, 3.8) is 0 Å². The lowest BCUT2D eigenvalue weighted by Gasteiger charge is -2.36. The fraction of sp³-hybridized carbons (Fsp3) is 0.694. The maximum atomic E-state index is 13.5. The first-order valence-electron chi connectivity index (χ1n) is 17.6. The highest BCUT2D eigenvalue weighted by atomic mass is 32.1. The van der Waals surface area contributed by atoms with Gasteiger partial charge in [0.15, 0.2) is 0 Å². The number of hydrogen-bond donors (Lipinski definition) is 4. The highest BCUT2D eigenvalue weighted by Crippen LogP contribution is 2.29. The first-order valence-corrected chi connectivity index (χ1v) is 18.5. The van der Waals surface area contributed by atoms with Gasteiger partial charge >= 0.3 is 0 Å². The molecule has 1 aromatic carbocycles. The molecule has 0 bridgehead atoms. The quantitative estimate of drug-likeness (QED) is 0.161. The Bertz CT molecular complexity index is 1280. The Hall–Kier alpha value is -2.49. The van der Waals surface area contributed by atoms with Crippen LogP contribution >= 0.6 is 11.3 Å². The zero-order valence-electron chi connectivity index (χ0n) is 29.9. The number of thiazole rings is 1. The number of aryl methyl sites for hydroxylation is 1. The summed E-state index contributed by atoms with van der Waals surface area (Å²) < 4.78 is 22.5. The van der Waals surface area contributed by atoms with Crippen LogP contribution < -0.4 is 16.0 Å². The number of piperidine rings is 1. The van der Waals surface area contributed by atoms with Gasteiger partial charge in [0.1, 0.15) is 6.61 Å². The molecule has 2 aromatic rings. The van der Waals surface area contributed by atoms with Crippen LogP contribution in [0.4, 0.5) is 0 Å². The Morgan fingerprint density at radius 2 is 1.67 bits per heavy atom. The van der Waals surface area contributed by atoms with Crippen LogP contribution in [-0.4, -0.2) is 124 Å². The lowest BCUT2D eigenvalue weighted by molar-refractivity contribution is -0.128. The Labute approximate surface area is 295 Å². The zero-order valence-corrected chi connectivity index (χ0v) is 30.7. The van der Waals surface area contributed by atoms with Crippen molar-refractivity contribution in [1.29, 1.82) is 0 Å². The molecular formula is C36H57N5O7S. The zero-order chi connectivity index (χ0) is 35.2. The van der Waals surface area contributed by atoms with E-state index in [-0.39, 0.29) is 35.9 Å². The number of carbonyl (C=O) groups is 2. The highest BCUT2D eigenvalue weighted by molar-refractivity contribution is 7.13. The van der Waals surface area contributed by atoms with E-state index in [0.29, 0.717) is 65.3 Å². The Balaban J connectivity index is 1.15. The van der Waals surface area contributed by atoms with Crippen LogP contribution in [0.5, 0.6) is 0 Å². The Morgan fingerprint density at radius 3 is 2.31 bits per heavy atom. The molecule has 2 amide bonds. The number of hydrogen-bond acceptors (Lipinski definition) is 11. The van der Waals surface area contributed by atoms with Crippen LogP contribution in [0.15, 0.2) is 29.8 Å². The molecule has 0 spiro atoms. The second kappa shape index (κ2) is 19.8. The number of aliphatic hydroxyl groups is 1. The molecule has 274 valence electrons. The average molecular weight is 704 g/mol. The number of amides is 2. The maximum absolute atomic E-state index is 13.5. The number of carbonyl (C=O) groups excluding carboxylic acids is 2. The molecular weight excluding hydrogens is 646 g/mol. The van der Waals surface area contributed by atoms with E-state index in [1.807, 2.05) is 36.4 Å². The van der Waals surface area contributed by atoms with E-state index < -0.39 is 12.1 Å². The van der Waals surface area contributed by atoms with Gasteiger partial charge < -0.3 is 40.0 Å². The summed E-state index contributed by atoms with van der Waals surface area (Å²) in [6, 6.07) is 7.20. The largest absolute Gasteiger partial charge is 0.392 e. The fourth-order valence-electron chi connectivity index (χ4n) is 6.10. The Kier molecular flexibility index (Phi) is 15.9. The van der Waals surface area contributed by atoms with E-state index in [4.69, 9.17) is 18.9 Å². The molecule has 2 aliphatic rings. The van der Waals surface area contributed by atoms with Gasteiger partial charge in [-0.05, 0) is 62.7 Å². The van der Waals surface area contributed by atoms with E-state index in [9.17, 15) is 14.7 Å². The van der Waals surface area contributed by atoms with E-state index in [1.165, 1.54) is 0 Å². The predicted molar refractivity (Wildman–Crippen MR) is 191 cm³/mol. The first kappa shape index (κ1) is 39.3. The van der Waals surface area contributed by atoms with Crippen molar-refractivity contribution in [1.82, 2.24) is 25.8 Å². The summed E-state index contributed by atoms with van der Waals surface area (Å²) in [6.07, 6.45) is 2.14. The summed E-state index contributed by atoms with van der Waals surface area (Å²) >= 11 is 1.61. The minimum absolute atomic E-state index is 0.0914. The molecule has 4 atom stereocenters. The van der Waals surface area contributed by atoms with E-state index in [1.54, 1.807) is 11.3 Å². The second-order valence-electron chi connectivity index (χ2n) is 14.1. The summed E-state index contributed by atoms with van der Waals surface area (Å²) in [6.45, 7) is 15.5. The molecule has 0 radical (unpaired) electrons. The summed E-state index contributed by atoms with van der Waals surface area (Å²) in [5, 5.41) is 20.1. The summed E-state index contributed by atoms with van der Waals surface area (Å²) in [7, 11) is 0.